The molecule has 17 heavy (non-hydrogen) atoms. The van der Waals surface area contributed by atoms with Crippen LogP contribution in [0.1, 0.15) is 18.4 Å². The monoisotopic (exact) mass is 252 g/mol. The predicted molar refractivity (Wildman–Crippen MR) is 68.6 cm³/mol. The van der Waals surface area contributed by atoms with Crippen molar-refractivity contribution in [2.45, 2.75) is 18.9 Å². The first-order valence-corrected chi connectivity index (χ1v) is 7.04. The highest BCUT2D eigenvalue weighted by molar-refractivity contribution is 7.98. The van der Waals surface area contributed by atoms with Gasteiger partial charge in [0.2, 0.25) is 6.10 Å². The molecule has 2 rings (SSSR count). The van der Waals surface area contributed by atoms with E-state index >= 15 is 0 Å². The number of carbonyl (C=O) groups excluding carboxylic acids is 1. The summed E-state index contributed by atoms with van der Waals surface area (Å²) in [7, 11) is 0. The lowest BCUT2D eigenvalue weighted by Crippen LogP contribution is -2.30. The Labute approximate surface area is 105 Å². The summed E-state index contributed by atoms with van der Waals surface area (Å²) in [4.78, 5) is 11.8. The maximum absolute atomic E-state index is 11.8. The minimum Gasteiger partial charge on any atom is -0.478 e. The molecular weight excluding hydrogens is 236 g/mol. The zero-order chi connectivity index (χ0) is 12.3. The van der Waals surface area contributed by atoms with E-state index < -0.39 is 6.10 Å². The molecular formula is C13H16O3S. The van der Waals surface area contributed by atoms with Crippen molar-refractivity contribution in [3.8, 4) is 5.75 Å². The molecule has 1 aliphatic heterocycles. The maximum Gasteiger partial charge on any atom is 0.348 e. The van der Waals surface area contributed by atoms with Crippen molar-refractivity contribution in [3.05, 3.63) is 29.8 Å². The Morgan fingerprint density at radius 2 is 2.24 bits per heavy atom. The van der Waals surface area contributed by atoms with Gasteiger partial charge in [0.05, 0.1) is 0 Å². The lowest BCUT2D eigenvalue weighted by molar-refractivity contribution is -0.151. The maximum atomic E-state index is 11.8. The summed E-state index contributed by atoms with van der Waals surface area (Å²) < 4.78 is 10.8. The Balaban J connectivity index is 1.99. The lowest BCUT2D eigenvalue weighted by atomic mass is 9.98. The number of hydrogen-bond acceptors (Lipinski definition) is 4. The Morgan fingerprint density at radius 1 is 1.47 bits per heavy atom. The largest absolute Gasteiger partial charge is 0.478 e. The molecule has 3 nitrogen and oxygen atoms in total. The molecule has 4 heteroatoms. The summed E-state index contributed by atoms with van der Waals surface area (Å²) in [5.41, 5.74) is 1.08. The van der Waals surface area contributed by atoms with E-state index in [0.29, 0.717) is 6.61 Å². The standard InChI is InChI=1S/C13H16O3S/c1-9-10-5-3-4-6-11(10)16-12(9)13(14)15-7-8-17-2/h3-6,9,12H,7-8H2,1-2H3/t9-,12+/m0/s1. The van der Waals surface area contributed by atoms with Crippen LogP contribution < -0.4 is 4.74 Å². The molecule has 92 valence electrons. The summed E-state index contributed by atoms with van der Waals surface area (Å²) in [6.45, 7) is 2.44. The van der Waals surface area contributed by atoms with Crippen molar-refractivity contribution < 1.29 is 14.3 Å². The average molecular weight is 252 g/mol. The first kappa shape index (κ1) is 12.3. The molecule has 0 radical (unpaired) electrons. The highest BCUT2D eigenvalue weighted by Crippen LogP contribution is 2.37. The van der Waals surface area contributed by atoms with Crippen LogP contribution in [0.5, 0.6) is 5.75 Å². The normalized spacial score (nSPS) is 21.8. The molecule has 1 heterocycles. The van der Waals surface area contributed by atoms with E-state index in [1.165, 1.54) is 0 Å². The van der Waals surface area contributed by atoms with Gasteiger partial charge in [0.15, 0.2) is 0 Å². The quantitative estimate of drug-likeness (QED) is 0.609. The van der Waals surface area contributed by atoms with Crippen LogP contribution in [-0.4, -0.2) is 30.7 Å². The van der Waals surface area contributed by atoms with Gasteiger partial charge < -0.3 is 9.47 Å². The van der Waals surface area contributed by atoms with Gasteiger partial charge in [0.1, 0.15) is 12.4 Å². The second-order valence-corrected chi connectivity index (χ2v) is 5.01. The topological polar surface area (TPSA) is 35.5 Å². The molecule has 1 aromatic carbocycles. The van der Waals surface area contributed by atoms with Crippen LogP contribution in [0.4, 0.5) is 0 Å². The Hall–Kier alpha value is -1.16. The smallest absolute Gasteiger partial charge is 0.348 e. The molecule has 0 saturated heterocycles. The summed E-state index contributed by atoms with van der Waals surface area (Å²) in [6.07, 6.45) is 1.49. The number of carbonyl (C=O) groups is 1. The number of para-hydroxylation sites is 1. The predicted octanol–water partition coefficient (Wildman–Crippen LogP) is 2.46. The van der Waals surface area contributed by atoms with Crippen molar-refractivity contribution in [1.29, 1.82) is 0 Å². The minimum absolute atomic E-state index is 0.0629. The zero-order valence-electron chi connectivity index (χ0n) is 10.0. The van der Waals surface area contributed by atoms with Crippen LogP contribution in [0.15, 0.2) is 24.3 Å². The first-order valence-electron chi connectivity index (χ1n) is 5.65. The fraction of sp³-hybridized carbons (Fsp3) is 0.462. The number of hydrogen-bond donors (Lipinski definition) is 0. The van der Waals surface area contributed by atoms with Crippen LogP contribution in [0.25, 0.3) is 0 Å². The fourth-order valence-corrected chi connectivity index (χ4v) is 2.18. The van der Waals surface area contributed by atoms with Gasteiger partial charge in [-0.3, -0.25) is 0 Å². The van der Waals surface area contributed by atoms with E-state index in [4.69, 9.17) is 9.47 Å². The van der Waals surface area contributed by atoms with Crippen molar-refractivity contribution in [1.82, 2.24) is 0 Å². The number of thioether (sulfide) groups is 1. The van der Waals surface area contributed by atoms with E-state index in [9.17, 15) is 4.79 Å². The molecule has 0 aromatic heterocycles. The number of rotatable bonds is 4. The second-order valence-electron chi connectivity index (χ2n) is 4.03. The Morgan fingerprint density at radius 3 is 2.94 bits per heavy atom. The number of ether oxygens (including phenoxy) is 2. The Kier molecular flexibility index (Phi) is 3.94. The molecule has 2 atom stereocenters. The molecule has 0 unspecified atom stereocenters. The van der Waals surface area contributed by atoms with E-state index in [-0.39, 0.29) is 11.9 Å². The summed E-state index contributed by atoms with van der Waals surface area (Å²) >= 11 is 1.66. The average Bonchev–Trinajstić information content (AvgIpc) is 2.68. The van der Waals surface area contributed by atoms with Crippen LogP contribution >= 0.6 is 11.8 Å². The summed E-state index contributed by atoms with van der Waals surface area (Å²) in [6, 6.07) is 7.75. The SMILES string of the molecule is CSCCOC(=O)[C@@H]1Oc2ccccc2[C@@H]1C. The van der Waals surface area contributed by atoms with Gasteiger partial charge in [-0.25, -0.2) is 4.79 Å². The molecule has 0 aliphatic carbocycles. The molecule has 1 aromatic rings. The molecule has 0 saturated carbocycles. The lowest BCUT2D eigenvalue weighted by Gasteiger charge is -2.14. The molecule has 1 aliphatic rings. The molecule has 0 N–H and O–H groups in total. The fourth-order valence-electron chi connectivity index (χ4n) is 1.93. The van der Waals surface area contributed by atoms with Gasteiger partial charge in [-0.2, -0.15) is 11.8 Å². The van der Waals surface area contributed by atoms with Crippen LogP contribution in [-0.2, 0) is 9.53 Å². The van der Waals surface area contributed by atoms with Gasteiger partial charge in [-0.05, 0) is 12.3 Å². The third-order valence-corrected chi connectivity index (χ3v) is 3.46. The minimum atomic E-state index is -0.491. The van der Waals surface area contributed by atoms with E-state index in [2.05, 4.69) is 0 Å². The van der Waals surface area contributed by atoms with Crippen LogP contribution in [0.2, 0.25) is 0 Å². The van der Waals surface area contributed by atoms with E-state index in [0.717, 1.165) is 17.1 Å². The number of benzene rings is 1. The highest BCUT2D eigenvalue weighted by atomic mass is 32.2. The molecule has 0 bridgehead atoms. The number of esters is 1. The van der Waals surface area contributed by atoms with Gasteiger partial charge >= 0.3 is 5.97 Å². The number of fused-ring (bicyclic) bond motifs is 1. The van der Waals surface area contributed by atoms with Gasteiger partial charge in [-0.1, -0.05) is 25.1 Å². The van der Waals surface area contributed by atoms with Crippen LogP contribution in [0.3, 0.4) is 0 Å². The van der Waals surface area contributed by atoms with Crippen molar-refractivity contribution in [3.63, 3.8) is 0 Å². The van der Waals surface area contributed by atoms with E-state index in [1.807, 2.05) is 37.4 Å². The third-order valence-electron chi connectivity index (χ3n) is 2.88. The second kappa shape index (κ2) is 5.45. The van der Waals surface area contributed by atoms with Crippen LogP contribution in [0, 0.1) is 0 Å². The molecule has 0 fully saturated rings. The highest BCUT2D eigenvalue weighted by Gasteiger charge is 2.37. The first-order chi connectivity index (χ1) is 8.24. The van der Waals surface area contributed by atoms with Crippen molar-refractivity contribution in [2.75, 3.05) is 18.6 Å². The van der Waals surface area contributed by atoms with Crippen molar-refractivity contribution >= 4 is 17.7 Å². The van der Waals surface area contributed by atoms with Gasteiger partial charge in [0.25, 0.3) is 0 Å². The summed E-state index contributed by atoms with van der Waals surface area (Å²) in [5.74, 6) is 1.42. The molecule has 0 spiro atoms. The van der Waals surface area contributed by atoms with Gasteiger partial charge in [-0.15, -0.1) is 0 Å². The summed E-state index contributed by atoms with van der Waals surface area (Å²) in [5, 5.41) is 0. The Bertz CT molecular complexity index is 405. The van der Waals surface area contributed by atoms with E-state index in [1.54, 1.807) is 11.8 Å². The molecule has 0 amide bonds. The third kappa shape index (κ3) is 2.57. The van der Waals surface area contributed by atoms with Gasteiger partial charge in [0, 0.05) is 17.2 Å². The van der Waals surface area contributed by atoms with Crippen molar-refractivity contribution in [2.24, 2.45) is 0 Å². The zero-order valence-corrected chi connectivity index (χ0v) is 10.8.